The van der Waals surface area contributed by atoms with E-state index in [4.69, 9.17) is 0 Å². The Morgan fingerprint density at radius 1 is 1.50 bits per heavy atom. The van der Waals surface area contributed by atoms with Crippen molar-refractivity contribution in [3.8, 4) is 0 Å². The first kappa shape index (κ1) is 16.4. The van der Waals surface area contributed by atoms with E-state index in [1.165, 1.54) is 18.2 Å². The van der Waals surface area contributed by atoms with Gasteiger partial charge in [0.15, 0.2) is 6.10 Å². The molecule has 0 spiro atoms. The first-order valence-electron chi connectivity index (χ1n) is 7.26. The van der Waals surface area contributed by atoms with Crippen molar-refractivity contribution < 1.29 is 19.1 Å². The molecule has 1 fully saturated rings. The first-order valence-corrected chi connectivity index (χ1v) is 7.26. The molecular formula is C15H20FN3O3. The average Bonchev–Trinajstić information content (AvgIpc) is 2.50. The highest BCUT2D eigenvalue weighted by Crippen LogP contribution is 2.13. The molecule has 7 heteroatoms. The number of benzene rings is 1. The van der Waals surface area contributed by atoms with Crippen molar-refractivity contribution >= 4 is 11.8 Å². The lowest BCUT2D eigenvalue weighted by atomic mass is 10.1. The van der Waals surface area contributed by atoms with E-state index in [1.54, 1.807) is 0 Å². The van der Waals surface area contributed by atoms with Crippen molar-refractivity contribution in [1.82, 2.24) is 15.5 Å². The third-order valence-electron chi connectivity index (χ3n) is 3.48. The summed E-state index contributed by atoms with van der Waals surface area (Å²) in [6, 6.07) is 5.34. The van der Waals surface area contributed by atoms with Gasteiger partial charge in [-0.15, -0.1) is 0 Å². The summed E-state index contributed by atoms with van der Waals surface area (Å²) in [5.41, 5.74) is 0.227. The predicted octanol–water partition coefficient (Wildman–Crippen LogP) is -0.203. The molecule has 6 nitrogen and oxygen atoms in total. The lowest BCUT2D eigenvalue weighted by Gasteiger charge is -2.26. The number of rotatable bonds is 6. The number of amides is 2. The molecule has 1 atom stereocenters. The zero-order valence-electron chi connectivity index (χ0n) is 12.2. The zero-order valence-corrected chi connectivity index (χ0v) is 12.2. The van der Waals surface area contributed by atoms with Crippen molar-refractivity contribution in [3.05, 3.63) is 35.6 Å². The molecule has 2 rings (SSSR count). The van der Waals surface area contributed by atoms with Crippen LogP contribution in [0.15, 0.2) is 24.3 Å². The Labute approximate surface area is 128 Å². The second kappa shape index (κ2) is 7.86. The molecule has 1 unspecified atom stereocenters. The highest BCUT2D eigenvalue weighted by atomic mass is 19.1. The number of hydrogen-bond donors (Lipinski definition) is 3. The summed E-state index contributed by atoms with van der Waals surface area (Å²) in [4.78, 5) is 25.0. The second-order valence-electron chi connectivity index (χ2n) is 5.23. The van der Waals surface area contributed by atoms with Crippen molar-refractivity contribution in [2.75, 3.05) is 32.7 Å². The quantitative estimate of drug-likeness (QED) is 0.636. The highest BCUT2D eigenvalue weighted by Gasteiger charge is 2.18. The van der Waals surface area contributed by atoms with E-state index >= 15 is 0 Å². The molecule has 1 saturated heterocycles. The second-order valence-corrected chi connectivity index (χ2v) is 5.23. The molecule has 0 aliphatic carbocycles. The summed E-state index contributed by atoms with van der Waals surface area (Å²) in [5.74, 6) is -1.04. The van der Waals surface area contributed by atoms with E-state index in [2.05, 4.69) is 10.6 Å². The van der Waals surface area contributed by atoms with Crippen LogP contribution in [0, 0.1) is 5.82 Å². The number of piperazine rings is 1. The van der Waals surface area contributed by atoms with E-state index in [0.717, 1.165) is 12.6 Å². The van der Waals surface area contributed by atoms with Gasteiger partial charge in [-0.1, -0.05) is 12.1 Å². The average molecular weight is 309 g/mol. The summed E-state index contributed by atoms with van der Waals surface area (Å²) in [6.07, 6.45) is -0.703. The molecule has 3 N–H and O–H groups in total. The lowest BCUT2D eigenvalue weighted by molar-refractivity contribution is -0.129. The number of carbonyl (C=O) groups excluding carboxylic acids is 2. The predicted molar refractivity (Wildman–Crippen MR) is 78.4 cm³/mol. The maximum absolute atomic E-state index is 13.1. The molecule has 1 aromatic rings. The van der Waals surface area contributed by atoms with E-state index < -0.39 is 17.8 Å². The number of hydrogen-bond acceptors (Lipinski definition) is 4. The van der Waals surface area contributed by atoms with Gasteiger partial charge >= 0.3 is 0 Å². The maximum Gasteiger partial charge on any atom is 0.253 e. The molecule has 0 aromatic heterocycles. The summed E-state index contributed by atoms with van der Waals surface area (Å²) in [5, 5.41) is 15.2. The fourth-order valence-corrected chi connectivity index (χ4v) is 2.32. The van der Waals surface area contributed by atoms with Gasteiger partial charge in [0.05, 0.1) is 6.54 Å². The van der Waals surface area contributed by atoms with Crippen molar-refractivity contribution in [2.24, 2.45) is 0 Å². The van der Waals surface area contributed by atoms with Crippen molar-refractivity contribution in [2.45, 2.75) is 12.5 Å². The molecule has 0 saturated carbocycles. The molecule has 1 aliphatic rings. The van der Waals surface area contributed by atoms with Crippen LogP contribution in [-0.2, 0) is 9.59 Å². The first-order chi connectivity index (χ1) is 10.6. The molecule has 1 aliphatic heterocycles. The van der Waals surface area contributed by atoms with Crippen LogP contribution in [0.3, 0.4) is 0 Å². The zero-order chi connectivity index (χ0) is 15.9. The number of halogens is 1. The third kappa shape index (κ3) is 4.78. The Balaban J connectivity index is 1.70. The monoisotopic (exact) mass is 309 g/mol. The van der Waals surface area contributed by atoms with Crippen LogP contribution in [0.5, 0.6) is 0 Å². The number of nitrogens with one attached hydrogen (secondary N) is 2. The topological polar surface area (TPSA) is 81.7 Å². The number of aliphatic hydroxyl groups excluding tert-OH is 1. The molecule has 1 aromatic carbocycles. The summed E-state index contributed by atoms with van der Waals surface area (Å²) >= 11 is 0. The molecule has 120 valence electrons. The van der Waals surface area contributed by atoms with Gasteiger partial charge in [-0.2, -0.15) is 0 Å². The van der Waals surface area contributed by atoms with Crippen molar-refractivity contribution in [1.29, 1.82) is 0 Å². The molecule has 2 amide bonds. The van der Waals surface area contributed by atoms with E-state index in [0.29, 0.717) is 32.6 Å². The van der Waals surface area contributed by atoms with Crippen LogP contribution in [0.4, 0.5) is 4.39 Å². The minimum atomic E-state index is -1.38. The molecule has 0 radical (unpaired) electrons. The van der Waals surface area contributed by atoms with Crippen LogP contribution in [0.2, 0.25) is 0 Å². The standard InChI is InChI=1S/C15H20FN3O3/c16-12-4-1-3-11(9-12)14(21)15(22)18-5-2-7-19-8-6-17-13(20)10-19/h1,3-4,9,14,21H,2,5-8,10H2,(H,17,20)(H,18,22). The fourth-order valence-electron chi connectivity index (χ4n) is 2.32. The van der Waals surface area contributed by atoms with Crippen LogP contribution in [-0.4, -0.2) is 54.5 Å². The van der Waals surface area contributed by atoms with Crippen LogP contribution < -0.4 is 10.6 Å². The van der Waals surface area contributed by atoms with Gasteiger partial charge in [0.1, 0.15) is 5.82 Å². The van der Waals surface area contributed by atoms with Gasteiger partial charge in [-0.3, -0.25) is 14.5 Å². The summed E-state index contributed by atoms with van der Waals surface area (Å²) in [7, 11) is 0. The Kier molecular flexibility index (Phi) is 5.85. The van der Waals surface area contributed by atoms with Gasteiger partial charge in [-0.25, -0.2) is 4.39 Å². The summed E-state index contributed by atoms with van der Waals surface area (Å²) < 4.78 is 13.1. The Morgan fingerprint density at radius 2 is 2.32 bits per heavy atom. The minimum absolute atomic E-state index is 0.0109. The Morgan fingerprint density at radius 3 is 3.05 bits per heavy atom. The minimum Gasteiger partial charge on any atom is -0.378 e. The smallest absolute Gasteiger partial charge is 0.253 e. The van der Waals surface area contributed by atoms with Crippen LogP contribution in [0.1, 0.15) is 18.1 Å². The molecule has 1 heterocycles. The van der Waals surface area contributed by atoms with E-state index in [1.807, 2.05) is 4.90 Å². The van der Waals surface area contributed by atoms with Gasteiger partial charge < -0.3 is 15.7 Å². The van der Waals surface area contributed by atoms with Crippen molar-refractivity contribution in [3.63, 3.8) is 0 Å². The molecule has 0 bridgehead atoms. The van der Waals surface area contributed by atoms with Crippen LogP contribution in [0.25, 0.3) is 0 Å². The summed E-state index contributed by atoms with van der Waals surface area (Å²) in [6.45, 7) is 2.90. The third-order valence-corrected chi connectivity index (χ3v) is 3.48. The fraction of sp³-hybridized carbons (Fsp3) is 0.467. The SMILES string of the molecule is O=C1CN(CCCNC(=O)C(O)c2cccc(F)c2)CCN1. The molecule has 22 heavy (non-hydrogen) atoms. The molecular weight excluding hydrogens is 289 g/mol. The number of nitrogens with zero attached hydrogens (tertiary/aromatic N) is 1. The Hall–Kier alpha value is -1.99. The van der Waals surface area contributed by atoms with E-state index in [9.17, 15) is 19.1 Å². The van der Waals surface area contributed by atoms with Gasteiger partial charge in [-0.05, 0) is 24.1 Å². The largest absolute Gasteiger partial charge is 0.378 e. The normalized spacial score (nSPS) is 16.9. The van der Waals surface area contributed by atoms with Crippen LogP contribution >= 0.6 is 0 Å². The number of carbonyl (C=O) groups is 2. The van der Waals surface area contributed by atoms with Gasteiger partial charge in [0.25, 0.3) is 5.91 Å². The van der Waals surface area contributed by atoms with Gasteiger partial charge in [0.2, 0.25) is 5.91 Å². The van der Waals surface area contributed by atoms with E-state index in [-0.39, 0.29) is 11.5 Å². The number of aliphatic hydroxyl groups is 1. The lowest BCUT2D eigenvalue weighted by Crippen LogP contribution is -2.48. The highest BCUT2D eigenvalue weighted by molar-refractivity contribution is 5.81. The maximum atomic E-state index is 13.1. The Bertz CT molecular complexity index is 539. The van der Waals surface area contributed by atoms with Gasteiger partial charge in [0, 0.05) is 26.2 Å².